The van der Waals surface area contributed by atoms with Crippen molar-refractivity contribution in [2.75, 3.05) is 40.8 Å². The summed E-state index contributed by atoms with van der Waals surface area (Å²) in [5.74, 6) is -1.39. The predicted octanol–water partition coefficient (Wildman–Crippen LogP) is 4.37. The summed E-state index contributed by atoms with van der Waals surface area (Å²) in [6.45, 7) is 3.07. The molecule has 15 heteroatoms. The van der Waals surface area contributed by atoms with Crippen LogP contribution in [0.1, 0.15) is 57.3 Å². The molecule has 47 heavy (non-hydrogen) atoms. The third-order valence-corrected chi connectivity index (χ3v) is 7.56. The van der Waals surface area contributed by atoms with Crippen molar-refractivity contribution < 1.29 is 42.2 Å². The molecule has 0 unspecified atom stereocenters. The summed E-state index contributed by atoms with van der Waals surface area (Å²) in [5.41, 5.74) is 2.25. The largest absolute Gasteiger partial charge is 0.496 e. The smallest absolute Gasteiger partial charge is 0.490 e. The average Bonchev–Trinajstić information content (AvgIpc) is 3.48. The molecule has 0 saturated carbocycles. The number of carboxylic acid groups (broad SMARTS) is 1. The van der Waals surface area contributed by atoms with Gasteiger partial charge in [0.05, 0.1) is 48.7 Å². The Morgan fingerprint density at radius 1 is 1.15 bits per heavy atom. The van der Waals surface area contributed by atoms with E-state index in [1.807, 2.05) is 56.3 Å². The van der Waals surface area contributed by atoms with Gasteiger partial charge >= 0.3 is 12.1 Å². The number of rotatable bonds is 14. The van der Waals surface area contributed by atoms with Crippen LogP contribution in [0.5, 0.6) is 5.75 Å². The van der Waals surface area contributed by atoms with E-state index >= 15 is 0 Å². The molecule has 3 N–H and O–H groups in total. The van der Waals surface area contributed by atoms with Crippen molar-refractivity contribution in [3.63, 3.8) is 0 Å². The molecule has 0 bridgehead atoms. The minimum absolute atomic E-state index is 0.0289. The predicted molar refractivity (Wildman–Crippen MR) is 167 cm³/mol. The summed E-state index contributed by atoms with van der Waals surface area (Å²) in [5, 5.41) is 11.2. The van der Waals surface area contributed by atoms with Gasteiger partial charge in [0.2, 0.25) is 11.8 Å². The number of benzene rings is 1. The van der Waals surface area contributed by atoms with Crippen LogP contribution in [0, 0.1) is 5.92 Å². The highest BCUT2D eigenvalue weighted by molar-refractivity contribution is 5.88. The Morgan fingerprint density at radius 3 is 2.45 bits per heavy atom. The number of pyridine rings is 1. The molecule has 1 aliphatic rings. The number of carboxylic acids is 1. The molecular formula is C32H41F3N6O6. The standard InChI is InChI=1S/C30H40N6O4.C2HF3O2/c1-5-21(37)11-7-6-8-14-24(34-30(39)20-17-36(18-20)28(38)19-35(2)3)29-31-16-26(33-29)25-15-27(40-4)22-12-9-10-13-23(22)32-25;3-2(4,5)1(6)7/h9-10,12-13,15-16,20,24H,5-8,11,14,17-19H2,1-4H3,(H,31,33)(H,34,39);(H,6,7)/t24-;/m0./s1. The van der Waals surface area contributed by atoms with Crippen LogP contribution in [-0.2, 0) is 19.2 Å². The summed E-state index contributed by atoms with van der Waals surface area (Å²) in [7, 11) is 5.34. The molecule has 0 radical (unpaired) electrons. The van der Waals surface area contributed by atoms with Crippen molar-refractivity contribution in [1.29, 1.82) is 0 Å². The van der Waals surface area contributed by atoms with Gasteiger partial charge in [0.25, 0.3) is 0 Å². The van der Waals surface area contributed by atoms with Crippen molar-refractivity contribution in [3.8, 4) is 17.1 Å². The van der Waals surface area contributed by atoms with E-state index in [-0.39, 0.29) is 29.6 Å². The number of ketones is 1. The zero-order valence-corrected chi connectivity index (χ0v) is 26.9. The number of amides is 2. The number of hydrogen-bond acceptors (Lipinski definition) is 8. The highest BCUT2D eigenvalue weighted by atomic mass is 19.4. The number of ether oxygens (including phenoxy) is 1. The molecule has 3 heterocycles. The number of aromatic amines is 1. The molecule has 0 spiro atoms. The number of alkyl halides is 3. The monoisotopic (exact) mass is 662 g/mol. The highest BCUT2D eigenvalue weighted by Gasteiger charge is 2.38. The SMILES string of the molecule is CCC(=O)CCCCC[C@H](NC(=O)C1CN(C(=O)CN(C)C)C1)c1ncc(-c2cc(OC)c3ccccc3n2)[nH]1.O=C(O)C(F)(F)F. The average molecular weight is 663 g/mol. The lowest BCUT2D eigenvalue weighted by molar-refractivity contribution is -0.192. The number of para-hydroxylation sites is 1. The Kier molecular flexibility index (Phi) is 13.2. The molecular weight excluding hydrogens is 621 g/mol. The van der Waals surface area contributed by atoms with E-state index < -0.39 is 12.1 Å². The van der Waals surface area contributed by atoms with Gasteiger partial charge < -0.3 is 29.9 Å². The maximum absolute atomic E-state index is 13.1. The molecule has 1 fully saturated rings. The van der Waals surface area contributed by atoms with E-state index in [0.717, 1.165) is 41.6 Å². The number of likely N-dealkylation sites (tertiary alicyclic amines) is 1. The first-order chi connectivity index (χ1) is 22.2. The van der Waals surface area contributed by atoms with Crippen LogP contribution in [0.4, 0.5) is 13.2 Å². The molecule has 12 nitrogen and oxygen atoms in total. The summed E-state index contributed by atoms with van der Waals surface area (Å²) in [4.78, 5) is 62.3. The fourth-order valence-electron chi connectivity index (χ4n) is 4.90. The maximum Gasteiger partial charge on any atom is 0.490 e. The number of H-pyrrole nitrogens is 1. The summed E-state index contributed by atoms with van der Waals surface area (Å²) in [6, 6.07) is 9.36. The normalized spacial score (nSPS) is 13.8. The Balaban J connectivity index is 0.000000771. The van der Waals surface area contributed by atoms with Crippen LogP contribution in [0.25, 0.3) is 22.3 Å². The van der Waals surface area contributed by atoms with Gasteiger partial charge in [-0.2, -0.15) is 13.2 Å². The number of Topliss-reactive ketones (excluding diaryl/α,β-unsaturated/α-hetero) is 1. The lowest BCUT2D eigenvalue weighted by atomic mass is 9.97. The Hall–Kier alpha value is -4.53. The Bertz CT molecular complexity index is 1540. The first-order valence-electron chi connectivity index (χ1n) is 15.3. The van der Waals surface area contributed by atoms with Gasteiger partial charge in [-0.15, -0.1) is 0 Å². The van der Waals surface area contributed by atoms with E-state index in [1.54, 1.807) is 18.2 Å². The van der Waals surface area contributed by atoms with Crippen LogP contribution in [0.15, 0.2) is 36.5 Å². The van der Waals surface area contributed by atoms with Gasteiger partial charge in [-0.25, -0.2) is 14.8 Å². The number of aromatic nitrogens is 3. The quantitative estimate of drug-likeness (QED) is 0.213. The van der Waals surface area contributed by atoms with Crippen LogP contribution >= 0.6 is 0 Å². The molecule has 1 aromatic carbocycles. The lowest BCUT2D eigenvalue weighted by Crippen LogP contribution is -2.57. The van der Waals surface area contributed by atoms with Gasteiger partial charge in [0, 0.05) is 37.4 Å². The number of fused-ring (bicyclic) bond motifs is 1. The molecule has 2 aromatic heterocycles. The van der Waals surface area contributed by atoms with Crippen LogP contribution in [-0.4, -0.2) is 100 Å². The molecule has 2 amide bonds. The van der Waals surface area contributed by atoms with E-state index in [9.17, 15) is 27.6 Å². The number of aliphatic carboxylic acids is 1. The second kappa shape index (κ2) is 16.9. The van der Waals surface area contributed by atoms with Gasteiger partial charge in [0.1, 0.15) is 17.4 Å². The minimum Gasteiger partial charge on any atom is -0.496 e. The molecule has 1 aliphatic heterocycles. The van der Waals surface area contributed by atoms with Gasteiger partial charge in [0.15, 0.2) is 0 Å². The fourth-order valence-corrected chi connectivity index (χ4v) is 4.90. The van der Waals surface area contributed by atoms with E-state index in [1.165, 1.54) is 0 Å². The van der Waals surface area contributed by atoms with Crippen molar-refractivity contribution >= 4 is 34.5 Å². The second-order valence-corrected chi connectivity index (χ2v) is 11.5. The third-order valence-electron chi connectivity index (χ3n) is 7.56. The molecule has 4 rings (SSSR count). The first kappa shape index (κ1) is 36.9. The number of nitrogens with one attached hydrogen (secondary N) is 2. The molecule has 1 atom stereocenters. The van der Waals surface area contributed by atoms with E-state index in [0.29, 0.717) is 50.4 Å². The number of likely N-dealkylation sites (N-methyl/N-ethyl adjacent to an activating group) is 1. The zero-order chi connectivity index (χ0) is 34.7. The molecule has 256 valence electrons. The van der Waals surface area contributed by atoms with Crippen LogP contribution < -0.4 is 10.1 Å². The number of imidazole rings is 1. The number of carbonyl (C=O) groups is 4. The van der Waals surface area contributed by atoms with Crippen molar-refractivity contribution in [1.82, 2.24) is 30.1 Å². The molecule has 0 aliphatic carbocycles. The number of unbranched alkanes of at least 4 members (excludes halogenated alkanes) is 2. The maximum atomic E-state index is 13.1. The van der Waals surface area contributed by atoms with Crippen molar-refractivity contribution in [2.24, 2.45) is 5.92 Å². The zero-order valence-electron chi connectivity index (χ0n) is 26.9. The Morgan fingerprint density at radius 2 is 1.83 bits per heavy atom. The number of carbonyl (C=O) groups excluding carboxylic acids is 3. The van der Waals surface area contributed by atoms with Crippen LogP contribution in [0.3, 0.4) is 0 Å². The van der Waals surface area contributed by atoms with Crippen molar-refractivity contribution in [2.45, 2.75) is 57.7 Å². The third kappa shape index (κ3) is 10.8. The second-order valence-electron chi connectivity index (χ2n) is 11.5. The van der Waals surface area contributed by atoms with E-state index in [2.05, 4.69) is 15.3 Å². The fraction of sp³-hybridized carbons (Fsp3) is 0.500. The number of methoxy groups -OCH3 is 1. The number of nitrogens with zero attached hydrogens (tertiary/aromatic N) is 4. The van der Waals surface area contributed by atoms with Gasteiger partial charge in [-0.05, 0) is 39.1 Å². The minimum atomic E-state index is -5.08. The van der Waals surface area contributed by atoms with Crippen LogP contribution in [0.2, 0.25) is 0 Å². The summed E-state index contributed by atoms with van der Waals surface area (Å²) < 4.78 is 37.3. The highest BCUT2D eigenvalue weighted by Crippen LogP contribution is 2.30. The summed E-state index contributed by atoms with van der Waals surface area (Å²) >= 11 is 0. The summed E-state index contributed by atoms with van der Waals surface area (Å²) in [6.07, 6.45) is 1.07. The molecule has 1 saturated heterocycles. The molecule has 3 aromatic rings. The number of hydrogen-bond donors (Lipinski definition) is 3. The van der Waals surface area contributed by atoms with Crippen molar-refractivity contribution in [3.05, 3.63) is 42.4 Å². The van der Waals surface area contributed by atoms with Gasteiger partial charge in [-0.1, -0.05) is 31.9 Å². The first-order valence-corrected chi connectivity index (χ1v) is 15.3. The number of halogens is 3. The van der Waals surface area contributed by atoms with Gasteiger partial charge in [-0.3, -0.25) is 14.4 Å². The topological polar surface area (TPSA) is 158 Å². The Labute approximate surface area is 270 Å². The lowest BCUT2D eigenvalue weighted by Gasteiger charge is -2.39. The van der Waals surface area contributed by atoms with E-state index in [4.69, 9.17) is 19.6 Å².